The van der Waals surface area contributed by atoms with Gasteiger partial charge in [-0.05, 0) is 18.2 Å². The summed E-state index contributed by atoms with van der Waals surface area (Å²) in [4.78, 5) is 14.5. The minimum Gasteiger partial charge on any atom is -0.347 e. The third kappa shape index (κ3) is 2.10. The molecular formula is C11H12N4. The van der Waals surface area contributed by atoms with Gasteiger partial charge >= 0.3 is 0 Å². The number of rotatable bonds is 2. The fraction of sp³-hybridized carbons (Fsp3) is 0.182. The maximum absolute atomic E-state index is 4.42. The molecule has 0 bridgehead atoms. The van der Waals surface area contributed by atoms with Crippen LogP contribution in [0.2, 0.25) is 0 Å². The average Bonchev–Trinajstić information content (AvgIpc) is 2.30. The standard InChI is InChI=1S/C11H12N4/c1-15(2)11-13-7-5-10(14-11)9-4-3-6-12-8-9/h3-8H,1-2H3. The summed E-state index contributed by atoms with van der Waals surface area (Å²) in [6.45, 7) is 0. The molecule has 0 spiro atoms. The molecule has 2 heterocycles. The van der Waals surface area contributed by atoms with Crippen LogP contribution in [-0.2, 0) is 0 Å². The van der Waals surface area contributed by atoms with Crippen LogP contribution in [0.25, 0.3) is 11.3 Å². The molecule has 4 heteroatoms. The Kier molecular flexibility index (Phi) is 2.58. The van der Waals surface area contributed by atoms with Gasteiger partial charge in [-0.25, -0.2) is 9.97 Å². The average molecular weight is 200 g/mol. The third-order valence-corrected chi connectivity index (χ3v) is 2.00. The molecule has 0 atom stereocenters. The Morgan fingerprint density at radius 3 is 2.67 bits per heavy atom. The Morgan fingerprint density at radius 1 is 1.13 bits per heavy atom. The van der Waals surface area contributed by atoms with E-state index in [4.69, 9.17) is 0 Å². The summed E-state index contributed by atoms with van der Waals surface area (Å²) in [6.07, 6.45) is 5.30. The topological polar surface area (TPSA) is 41.9 Å². The van der Waals surface area contributed by atoms with Crippen molar-refractivity contribution in [3.8, 4) is 11.3 Å². The first kappa shape index (κ1) is 9.58. The Hall–Kier alpha value is -1.97. The maximum atomic E-state index is 4.42. The number of hydrogen-bond acceptors (Lipinski definition) is 4. The number of pyridine rings is 1. The molecular weight excluding hydrogens is 188 g/mol. The van der Waals surface area contributed by atoms with E-state index in [0.29, 0.717) is 5.95 Å². The molecule has 2 rings (SSSR count). The van der Waals surface area contributed by atoms with E-state index in [0.717, 1.165) is 11.3 Å². The first-order valence-corrected chi connectivity index (χ1v) is 4.68. The molecule has 0 aliphatic carbocycles. The molecule has 0 amide bonds. The molecule has 0 saturated carbocycles. The fourth-order valence-corrected chi connectivity index (χ4v) is 1.24. The molecule has 0 aliphatic heterocycles. The molecule has 0 N–H and O–H groups in total. The highest BCUT2D eigenvalue weighted by molar-refractivity contribution is 5.58. The minimum absolute atomic E-state index is 0.705. The lowest BCUT2D eigenvalue weighted by Crippen LogP contribution is -2.12. The molecule has 2 aromatic heterocycles. The monoisotopic (exact) mass is 200 g/mol. The van der Waals surface area contributed by atoms with Crippen LogP contribution in [0, 0.1) is 0 Å². The van der Waals surface area contributed by atoms with Gasteiger partial charge in [0, 0.05) is 38.2 Å². The van der Waals surface area contributed by atoms with Gasteiger partial charge in [0.25, 0.3) is 0 Å². The number of nitrogens with zero attached hydrogens (tertiary/aromatic N) is 4. The van der Waals surface area contributed by atoms with Crippen molar-refractivity contribution in [2.45, 2.75) is 0 Å². The minimum atomic E-state index is 0.705. The van der Waals surface area contributed by atoms with Gasteiger partial charge in [0.05, 0.1) is 5.69 Å². The van der Waals surface area contributed by atoms with Crippen LogP contribution < -0.4 is 4.90 Å². The SMILES string of the molecule is CN(C)c1nccc(-c2cccnc2)n1. The second-order valence-corrected chi connectivity index (χ2v) is 3.38. The predicted octanol–water partition coefficient (Wildman–Crippen LogP) is 1.60. The van der Waals surface area contributed by atoms with Crippen LogP contribution in [-0.4, -0.2) is 29.0 Å². The molecule has 4 nitrogen and oxygen atoms in total. The van der Waals surface area contributed by atoms with Gasteiger partial charge in [0.15, 0.2) is 0 Å². The van der Waals surface area contributed by atoms with Gasteiger partial charge in [0.2, 0.25) is 5.95 Å². The van der Waals surface area contributed by atoms with Crippen LogP contribution in [0.4, 0.5) is 5.95 Å². The van der Waals surface area contributed by atoms with Gasteiger partial charge in [-0.15, -0.1) is 0 Å². The molecule has 2 aromatic rings. The molecule has 76 valence electrons. The van der Waals surface area contributed by atoms with Crippen LogP contribution >= 0.6 is 0 Å². The second-order valence-electron chi connectivity index (χ2n) is 3.38. The van der Waals surface area contributed by atoms with Crippen molar-refractivity contribution in [3.05, 3.63) is 36.8 Å². The normalized spacial score (nSPS) is 10.0. The van der Waals surface area contributed by atoms with E-state index in [9.17, 15) is 0 Å². The summed E-state index contributed by atoms with van der Waals surface area (Å²) >= 11 is 0. The lowest BCUT2D eigenvalue weighted by molar-refractivity contribution is 1.00. The second kappa shape index (κ2) is 4.04. The van der Waals surface area contributed by atoms with Crippen molar-refractivity contribution in [1.82, 2.24) is 15.0 Å². The van der Waals surface area contributed by atoms with Gasteiger partial charge in [-0.1, -0.05) is 0 Å². The van der Waals surface area contributed by atoms with Gasteiger partial charge in [-0.2, -0.15) is 0 Å². The quantitative estimate of drug-likeness (QED) is 0.738. The van der Waals surface area contributed by atoms with Crippen LogP contribution in [0.1, 0.15) is 0 Å². The van der Waals surface area contributed by atoms with E-state index in [1.54, 1.807) is 18.6 Å². The van der Waals surface area contributed by atoms with E-state index in [1.165, 1.54) is 0 Å². The van der Waals surface area contributed by atoms with Crippen molar-refractivity contribution in [2.24, 2.45) is 0 Å². The first-order chi connectivity index (χ1) is 7.27. The molecule has 0 radical (unpaired) electrons. The van der Waals surface area contributed by atoms with Crippen molar-refractivity contribution in [2.75, 3.05) is 19.0 Å². The zero-order chi connectivity index (χ0) is 10.7. The summed E-state index contributed by atoms with van der Waals surface area (Å²) in [5.41, 5.74) is 1.89. The largest absolute Gasteiger partial charge is 0.347 e. The van der Waals surface area contributed by atoms with Crippen LogP contribution in [0.3, 0.4) is 0 Å². The van der Waals surface area contributed by atoms with E-state index < -0.39 is 0 Å². The van der Waals surface area contributed by atoms with Gasteiger partial charge in [-0.3, -0.25) is 4.98 Å². The van der Waals surface area contributed by atoms with Crippen LogP contribution in [0.5, 0.6) is 0 Å². The summed E-state index contributed by atoms with van der Waals surface area (Å²) in [5.74, 6) is 0.705. The predicted molar refractivity (Wildman–Crippen MR) is 59.6 cm³/mol. The van der Waals surface area contributed by atoms with Crippen molar-refractivity contribution in [1.29, 1.82) is 0 Å². The van der Waals surface area contributed by atoms with E-state index >= 15 is 0 Å². The Balaban J connectivity index is 2.42. The third-order valence-electron chi connectivity index (χ3n) is 2.00. The Labute approximate surface area is 88.6 Å². The highest BCUT2D eigenvalue weighted by Crippen LogP contribution is 2.16. The Morgan fingerprint density at radius 2 is 2.00 bits per heavy atom. The van der Waals surface area contributed by atoms with Crippen LogP contribution in [0.15, 0.2) is 36.8 Å². The van der Waals surface area contributed by atoms with Gasteiger partial charge < -0.3 is 4.90 Å². The molecule has 0 aromatic carbocycles. The van der Waals surface area contributed by atoms with Gasteiger partial charge in [0.1, 0.15) is 0 Å². The summed E-state index contributed by atoms with van der Waals surface area (Å²) in [5, 5.41) is 0. The lowest BCUT2D eigenvalue weighted by Gasteiger charge is -2.10. The summed E-state index contributed by atoms with van der Waals surface area (Å²) in [7, 11) is 3.84. The summed E-state index contributed by atoms with van der Waals surface area (Å²) in [6, 6.07) is 5.76. The van der Waals surface area contributed by atoms with E-state index in [1.807, 2.05) is 37.2 Å². The molecule has 0 fully saturated rings. The zero-order valence-electron chi connectivity index (χ0n) is 8.75. The zero-order valence-corrected chi connectivity index (χ0v) is 8.75. The van der Waals surface area contributed by atoms with Crippen molar-refractivity contribution in [3.63, 3.8) is 0 Å². The van der Waals surface area contributed by atoms with E-state index in [-0.39, 0.29) is 0 Å². The molecule has 0 unspecified atom stereocenters. The molecule has 15 heavy (non-hydrogen) atoms. The highest BCUT2D eigenvalue weighted by atomic mass is 15.2. The first-order valence-electron chi connectivity index (χ1n) is 4.68. The molecule has 0 aliphatic rings. The highest BCUT2D eigenvalue weighted by Gasteiger charge is 2.02. The molecule has 0 saturated heterocycles. The maximum Gasteiger partial charge on any atom is 0.225 e. The van der Waals surface area contributed by atoms with Crippen molar-refractivity contribution >= 4 is 5.95 Å². The van der Waals surface area contributed by atoms with Crippen molar-refractivity contribution < 1.29 is 0 Å². The Bertz CT molecular complexity index is 439. The number of hydrogen-bond donors (Lipinski definition) is 0. The number of anilines is 1. The lowest BCUT2D eigenvalue weighted by atomic mass is 10.2. The van der Waals surface area contributed by atoms with E-state index in [2.05, 4.69) is 15.0 Å². The number of aromatic nitrogens is 3. The smallest absolute Gasteiger partial charge is 0.225 e. The summed E-state index contributed by atoms with van der Waals surface area (Å²) < 4.78 is 0. The fourth-order valence-electron chi connectivity index (χ4n) is 1.24.